The summed E-state index contributed by atoms with van der Waals surface area (Å²) in [7, 11) is 0. The van der Waals surface area contributed by atoms with Gasteiger partial charge in [-0.2, -0.15) is 9.97 Å². The molecule has 16 heteroatoms. The van der Waals surface area contributed by atoms with Crippen LogP contribution in [0.2, 0.25) is 0 Å². The van der Waals surface area contributed by atoms with Crippen LogP contribution in [0.15, 0.2) is 42.6 Å². The summed E-state index contributed by atoms with van der Waals surface area (Å²) < 4.78 is 76.0. The number of benzene rings is 3. The first-order valence-electron chi connectivity index (χ1n) is 24.6. The fourth-order valence-corrected chi connectivity index (χ4v) is 11.9. The number of amides is 2. The number of nitrogens with one attached hydrogen (secondary N) is 2. The molecule has 7 heterocycles. The Bertz CT molecular complexity index is 2760. The van der Waals surface area contributed by atoms with E-state index < -0.39 is 41.0 Å². The van der Waals surface area contributed by atoms with Gasteiger partial charge in [0.15, 0.2) is 5.82 Å². The molecular formula is C52H57F4N7O5. The Hall–Kier alpha value is -5.45. The average molecular weight is 936 g/mol. The lowest BCUT2D eigenvalue weighted by Gasteiger charge is -2.38. The maximum atomic E-state index is 17.2. The van der Waals surface area contributed by atoms with E-state index in [1.807, 2.05) is 11.8 Å². The average Bonchev–Trinajstić information content (AvgIpc) is 4.01. The maximum absolute atomic E-state index is 17.2. The molecule has 11 rings (SSSR count). The largest absolute Gasteiger partial charge is 0.508 e. The van der Waals surface area contributed by atoms with Gasteiger partial charge < -0.3 is 29.7 Å². The lowest BCUT2D eigenvalue weighted by molar-refractivity contribution is -0.134. The van der Waals surface area contributed by atoms with Crippen molar-refractivity contribution in [2.45, 2.75) is 127 Å². The highest BCUT2D eigenvalue weighted by Crippen LogP contribution is 2.48. The zero-order chi connectivity index (χ0) is 46.8. The van der Waals surface area contributed by atoms with Crippen LogP contribution in [-0.4, -0.2) is 100 Å². The number of piperidine rings is 4. The number of anilines is 1. The Morgan fingerprint density at radius 2 is 1.56 bits per heavy atom. The Morgan fingerprint density at radius 3 is 2.24 bits per heavy atom. The minimum absolute atomic E-state index is 0.0137. The third-order valence-electron chi connectivity index (χ3n) is 15.7. The van der Waals surface area contributed by atoms with E-state index >= 15 is 17.6 Å². The van der Waals surface area contributed by atoms with Crippen molar-refractivity contribution in [2.75, 3.05) is 44.2 Å². The molecule has 5 aromatic rings. The summed E-state index contributed by atoms with van der Waals surface area (Å²) in [5.74, 6) is -4.74. The van der Waals surface area contributed by atoms with E-state index in [0.717, 1.165) is 89.5 Å². The lowest BCUT2D eigenvalue weighted by atomic mass is 9.87. The first kappa shape index (κ1) is 45.0. The zero-order valence-corrected chi connectivity index (χ0v) is 38.3. The quantitative estimate of drug-likeness (QED) is 0.0820. The first-order valence-corrected chi connectivity index (χ1v) is 24.6. The van der Waals surface area contributed by atoms with Crippen molar-refractivity contribution < 1.29 is 41.7 Å². The monoisotopic (exact) mass is 935 g/mol. The molecule has 358 valence electrons. The van der Waals surface area contributed by atoms with Crippen LogP contribution >= 0.6 is 0 Å². The smallest absolute Gasteiger partial charge is 0.317 e. The number of hydrogen-bond donors (Lipinski definition) is 3. The van der Waals surface area contributed by atoms with Crippen molar-refractivity contribution >= 4 is 39.2 Å². The predicted octanol–water partition coefficient (Wildman–Crippen LogP) is 8.50. The molecule has 68 heavy (non-hydrogen) atoms. The molecule has 3 aromatic carbocycles. The van der Waals surface area contributed by atoms with Crippen molar-refractivity contribution in [1.29, 1.82) is 0 Å². The van der Waals surface area contributed by atoms with E-state index in [-0.39, 0.29) is 64.9 Å². The number of carbonyl (C=O) groups excluding carboxylic acids is 2. The molecule has 2 bridgehead atoms. The van der Waals surface area contributed by atoms with Crippen molar-refractivity contribution in [3.8, 4) is 23.0 Å². The highest BCUT2D eigenvalue weighted by atomic mass is 19.1. The van der Waals surface area contributed by atoms with Crippen LogP contribution in [0.25, 0.3) is 32.9 Å². The number of ether oxygens (including phenoxy) is 2. The number of rotatable bonds is 12. The van der Waals surface area contributed by atoms with Crippen LogP contribution in [0.5, 0.6) is 11.8 Å². The number of aromatic hydroxyl groups is 1. The second kappa shape index (κ2) is 18.1. The number of phenolic OH excluding ortho intramolecular Hbond substituents is 1. The van der Waals surface area contributed by atoms with Crippen LogP contribution in [0.1, 0.15) is 113 Å². The molecule has 5 saturated heterocycles. The summed E-state index contributed by atoms with van der Waals surface area (Å²) in [5, 5.41) is 18.3. The molecule has 3 unspecified atom stereocenters. The summed E-state index contributed by atoms with van der Waals surface area (Å²) in [6.45, 7) is 6.04. The predicted molar refractivity (Wildman–Crippen MR) is 248 cm³/mol. The van der Waals surface area contributed by atoms with Crippen molar-refractivity contribution in [3.05, 3.63) is 82.7 Å². The molecule has 1 aliphatic carbocycles. The standard InChI is InChI=1S/C52H57F4N7O5/c1-2-36-40(53)7-3-28-21-33(64)24-38(44(28)36)48-46(56)49-39(25-57-48)47(29-19-30-4-5-31(20-29)58-30)60-51(61-49)67-27-52(13-14-52)26-62-15-9-34(10-16-62)68-35-11-17-63(18-12-35)32-22-41(54)45(42(55)23-32)37-6-8-43(65)59-50(37)66/h3,7,21-25,29-31,34-35,37,58,64H,2,4-6,8-20,26-27H2,1H3,(H,59,65,66). The van der Waals surface area contributed by atoms with E-state index in [2.05, 4.69) is 20.5 Å². The van der Waals surface area contributed by atoms with Gasteiger partial charge in [-0.1, -0.05) is 13.0 Å². The molecule has 6 aliphatic rings. The number of halogens is 4. The van der Waals surface area contributed by atoms with Crippen molar-refractivity contribution in [3.63, 3.8) is 0 Å². The second-order valence-electron chi connectivity index (χ2n) is 20.3. The first-order chi connectivity index (χ1) is 32.9. The van der Waals surface area contributed by atoms with Gasteiger partial charge in [0.1, 0.15) is 34.4 Å². The number of aryl methyl sites for hydroxylation is 1. The van der Waals surface area contributed by atoms with Gasteiger partial charge in [0.25, 0.3) is 0 Å². The molecular weight excluding hydrogens is 879 g/mol. The van der Waals surface area contributed by atoms with Gasteiger partial charge in [-0.15, -0.1) is 0 Å². The van der Waals surface area contributed by atoms with Crippen molar-refractivity contribution in [2.24, 2.45) is 5.41 Å². The van der Waals surface area contributed by atoms with E-state index in [1.165, 1.54) is 24.3 Å². The maximum Gasteiger partial charge on any atom is 0.317 e. The zero-order valence-electron chi connectivity index (χ0n) is 38.3. The molecule has 1 saturated carbocycles. The molecule has 3 N–H and O–H groups in total. The van der Waals surface area contributed by atoms with Gasteiger partial charge >= 0.3 is 6.01 Å². The van der Waals surface area contributed by atoms with E-state index in [0.29, 0.717) is 71.2 Å². The minimum atomic E-state index is -1.03. The minimum Gasteiger partial charge on any atom is -0.508 e. The number of pyridine rings is 1. The van der Waals surface area contributed by atoms with Gasteiger partial charge in [-0.05, 0) is 124 Å². The van der Waals surface area contributed by atoms with Crippen LogP contribution < -0.4 is 20.3 Å². The Morgan fingerprint density at radius 1 is 0.853 bits per heavy atom. The van der Waals surface area contributed by atoms with Crippen LogP contribution in [0.4, 0.5) is 23.2 Å². The Labute approximate surface area is 392 Å². The fraction of sp³-hybridized carbons (Fsp3) is 0.519. The van der Waals surface area contributed by atoms with Gasteiger partial charge in [0.05, 0.1) is 30.4 Å². The van der Waals surface area contributed by atoms with Gasteiger partial charge in [-0.25, -0.2) is 17.6 Å². The number of aromatic nitrogens is 3. The molecule has 0 spiro atoms. The summed E-state index contributed by atoms with van der Waals surface area (Å²) in [4.78, 5) is 42.7. The molecule has 12 nitrogen and oxygen atoms in total. The number of phenols is 1. The highest BCUT2D eigenvalue weighted by Gasteiger charge is 2.46. The van der Waals surface area contributed by atoms with Crippen molar-refractivity contribution in [1.82, 2.24) is 30.5 Å². The molecule has 0 radical (unpaired) electrons. The highest BCUT2D eigenvalue weighted by molar-refractivity contribution is 6.02. The summed E-state index contributed by atoms with van der Waals surface area (Å²) >= 11 is 0. The van der Waals surface area contributed by atoms with Gasteiger partial charge in [0.2, 0.25) is 11.8 Å². The summed E-state index contributed by atoms with van der Waals surface area (Å²) in [6.07, 6.45) is 11.4. The Kier molecular flexibility index (Phi) is 12.0. The number of hydrogen-bond acceptors (Lipinski definition) is 11. The molecule has 3 atom stereocenters. The third-order valence-corrected chi connectivity index (χ3v) is 15.7. The van der Waals surface area contributed by atoms with E-state index in [1.54, 1.807) is 18.3 Å². The van der Waals surface area contributed by atoms with Gasteiger partial charge in [-0.3, -0.25) is 19.9 Å². The van der Waals surface area contributed by atoms with Crippen LogP contribution in [-0.2, 0) is 20.7 Å². The number of imide groups is 1. The van der Waals surface area contributed by atoms with Crippen LogP contribution in [0.3, 0.4) is 0 Å². The molecule has 6 fully saturated rings. The number of likely N-dealkylation sites (tertiary alicyclic amines) is 1. The third kappa shape index (κ3) is 8.76. The SMILES string of the molecule is CCc1c(F)ccc2cc(O)cc(-c3ncc4c(C5CC6CCC(C5)N6)nc(OCC5(CN6CCC(OC7CCN(c8cc(F)c(C9CCC(=O)NC9=O)c(F)c8)CC7)CC6)CC5)nc4c3F)c12. The molecule has 2 amide bonds. The summed E-state index contributed by atoms with van der Waals surface area (Å²) in [6, 6.07) is 9.42. The number of nitrogens with zero attached hydrogens (tertiary/aromatic N) is 5. The lowest BCUT2D eigenvalue weighted by Crippen LogP contribution is -2.44. The number of fused-ring (bicyclic) bond motifs is 4. The molecule has 5 aliphatic heterocycles. The summed E-state index contributed by atoms with van der Waals surface area (Å²) in [5.41, 5.74) is 1.63. The van der Waals surface area contributed by atoms with Gasteiger partial charge in [0, 0.05) is 91.0 Å². The van der Waals surface area contributed by atoms with E-state index in [9.17, 15) is 14.7 Å². The fourth-order valence-electron chi connectivity index (χ4n) is 11.9. The normalized spacial score (nSPS) is 24.5. The Balaban J connectivity index is 0.738. The van der Waals surface area contributed by atoms with E-state index in [4.69, 9.17) is 19.4 Å². The number of carbonyl (C=O) groups is 2. The van der Waals surface area contributed by atoms with Crippen LogP contribution in [0, 0.1) is 28.7 Å². The second-order valence-corrected chi connectivity index (χ2v) is 20.3. The molecule has 2 aromatic heterocycles. The topological polar surface area (TPSA) is 142 Å².